The van der Waals surface area contributed by atoms with Gasteiger partial charge in [0.15, 0.2) is 5.82 Å². The predicted molar refractivity (Wildman–Crippen MR) is 99.7 cm³/mol. The van der Waals surface area contributed by atoms with Crippen LogP contribution in [0.5, 0.6) is 0 Å². The van der Waals surface area contributed by atoms with Gasteiger partial charge in [-0.25, -0.2) is 27.2 Å². The van der Waals surface area contributed by atoms with Crippen molar-refractivity contribution in [2.75, 3.05) is 22.5 Å². The highest BCUT2D eigenvalue weighted by Crippen LogP contribution is 2.29. The number of alkyl halides is 1. The lowest BCUT2D eigenvalue weighted by Crippen LogP contribution is -2.19. The van der Waals surface area contributed by atoms with E-state index in [1.807, 2.05) is 4.72 Å². The quantitative estimate of drug-likeness (QED) is 0.599. The predicted octanol–water partition coefficient (Wildman–Crippen LogP) is 3.32. The van der Waals surface area contributed by atoms with Gasteiger partial charge in [0, 0.05) is 11.6 Å². The molecule has 0 unspecified atom stereocenters. The second-order valence-electron chi connectivity index (χ2n) is 5.59. The maximum atomic E-state index is 14.6. The fourth-order valence-corrected chi connectivity index (χ4v) is 4.28. The van der Waals surface area contributed by atoms with Gasteiger partial charge in [0.25, 0.3) is 5.91 Å². The molecule has 0 fully saturated rings. The molecule has 2 N–H and O–H groups in total. The van der Waals surface area contributed by atoms with E-state index in [0.29, 0.717) is 10.2 Å². The molecule has 0 aliphatic carbocycles. The summed E-state index contributed by atoms with van der Waals surface area (Å²) in [5.74, 6) is -3.78. The van der Waals surface area contributed by atoms with E-state index in [-0.39, 0.29) is 12.0 Å². The Hall–Kier alpha value is -2.73. The Bertz CT molecular complexity index is 1140. The van der Waals surface area contributed by atoms with Crippen LogP contribution in [0, 0.1) is 11.6 Å². The smallest absolute Gasteiger partial charge is 0.258 e. The highest BCUT2D eigenvalue weighted by molar-refractivity contribution is 7.92. The van der Waals surface area contributed by atoms with Crippen molar-refractivity contribution in [3.8, 4) is 0 Å². The molecule has 1 aromatic carbocycles. The van der Waals surface area contributed by atoms with Crippen LogP contribution in [-0.2, 0) is 10.0 Å². The van der Waals surface area contributed by atoms with E-state index < -0.39 is 51.4 Å². The molecule has 2 heterocycles. The number of fused-ring (bicyclic) bond motifs is 1. The van der Waals surface area contributed by atoms with Crippen molar-refractivity contribution >= 4 is 48.9 Å². The van der Waals surface area contributed by atoms with Crippen molar-refractivity contribution in [1.29, 1.82) is 0 Å². The van der Waals surface area contributed by atoms with Gasteiger partial charge in [-0.1, -0.05) is 0 Å². The minimum Gasteiger partial charge on any atom is -0.317 e. The lowest BCUT2D eigenvalue weighted by atomic mass is 10.2. The third-order valence-electron chi connectivity index (χ3n) is 3.62. The zero-order chi connectivity index (χ0) is 20.3. The number of hydrogen-bond acceptors (Lipinski definition) is 6. The summed E-state index contributed by atoms with van der Waals surface area (Å²) in [6.45, 7) is -0.855. The van der Waals surface area contributed by atoms with Gasteiger partial charge in [-0.2, -0.15) is 0 Å². The average Bonchev–Trinajstić information content (AvgIpc) is 3.10. The number of benzene rings is 1. The van der Waals surface area contributed by atoms with Crippen LogP contribution in [0.3, 0.4) is 0 Å². The van der Waals surface area contributed by atoms with Crippen LogP contribution < -0.4 is 10.0 Å². The molecule has 12 heteroatoms. The zero-order valence-corrected chi connectivity index (χ0v) is 15.7. The molecule has 3 aromatic rings. The summed E-state index contributed by atoms with van der Waals surface area (Å²) < 4.78 is 67.1. The number of anilines is 2. The van der Waals surface area contributed by atoms with Gasteiger partial charge < -0.3 is 5.32 Å². The largest absolute Gasteiger partial charge is 0.317 e. The fourth-order valence-electron chi connectivity index (χ4n) is 2.33. The van der Waals surface area contributed by atoms with Crippen molar-refractivity contribution in [1.82, 2.24) is 9.97 Å². The van der Waals surface area contributed by atoms with Crippen molar-refractivity contribution in [2.45, 2.75) is 6.42 Å². The second kappa shape index (κ2) is 8.10. The zero-order valence-electron chi connectivity index (χ0n) is 14.1. The normalized spacial score (nSPS) is 11.5. The molecule has 28 heavy (non-hydrogen) atoms. The van der Waals surface area contributed by atoms with E-state index in [2.05, 4.69) is 15.3 Å². The standard InChI is InChI=1S/C16H13F3N4O3S2/c17-4-1-5-28(25,26)23-11-3-2-10(18)15(13(11)19)22-16(24)9-7-27-12-6-20-8-21-14(9)12/h2-3,6-8,23H,1,4-5H2,(H,22,24). The summed E-state index contributed by atoms with van der Waals surface area (Å²) in [6.07, 6.45) is 2.46. The third kappa shape index (κ3) is 4.22. The van der Waals surface area contributed by atoms with E-state index >= 15 is 0 Å². The summed E-state index contributed by atoms with van der Waals surface area (Å²) >= 11 is 1.18. The Kier molecular flexibility index (Phi) is 5.79. The summed E-state index contributed by atoms with van der Waals surface area (Å²) in [4.78, 5) is 20.2. The van der Waals surface area contributed by atoms with Crippen LogP contribution in [0.25, 0.3) is 10.2 Å². The number of aromatic nitrogens is 2. The summed E-state index contributed by atoms with van der Waals surface area (Å²) in [5, 5.41) is 3.57. The number of sulfonamides is 1. The molecule has 0 saturated carbocycles. The summed E-state index contributed by atoms with van der Waals surface area (Å²) in [5.41, 5.74) is -0.964. The topological polar surface area (TPSA) is 101 Å². The van der Waals surface area contributed by atoms with Gasteiger partial charge in [0.2, 0.25) is 10.0 Å². The first-order valence-electron chi connectivity index (χ1n) is 7.85. The lowest BCUT2D eigenvalue weighted by Gasteiger charge is -2.12. The number of nitrogens with zero attached hydrogens (tertiary/aromatic N) is 2. The number of carbonyl (C=O) groups excluding carboxylic acids is 1. The van der Waals surface area contributed by atoms with Gasteiger partial charge in [-0.3, -0.25) is 13.9 Å². The number of rotatable bonds is 7. The first-order chi connectivity index (χ1) is 13.3. The number of hydrogen-bond donors (Lipinski definition) is 2. The first-order valence-corrected chi connectivity index (χ1v) is 10.4. The Labute approximate surface area is 161 Å². The van der Waals surface area contributed by atoms with Crippen LogP contribution in [0.1, 0.15) is 16.8 Å². The molecule has 0 atom stereocenters. The van der Waals surface area contributed by atoms with Crippen LogP contribution in [0.4, 0.5) is 24.5 Å². The molecule has 0 saturated heterocycles. The third-order valence-corrected chi connectivity index (χ3v) is 5.89. The molecular weight excluding hydrogens is 417 g/mol. The minimum absolute atomic E-state index is 0.0927. The van der Waals surface area contributed by atoms with E-state index in [4.69, 9.17) is 0 Å². The SMILES string of the molecule is O=C(Nc1c(F)ccc(NS(=O)(=O)CCCF)c1F)c1csc2cncnc12. The fraction of sp³-hybridized carbons (Fsp3) is 0.188. The van der Waals surface area contributed by atoms with Gasteiger partial charge in [0.1, 0.15) is 17.8 Å². The molecule has 7 nitrogen and oxygen atoms in total. The van der Waals surface area contributed by atoms with Crippen molar-refractivity contribution in [3.05, 3.63) is 47.2 Å². The van der Waals surface area contributed by atoms with Gasteiger partial charge in [-0.05, 0) is 18.6 Å². The lowest BCUT2D eigenvalue weighted by molar-refractivity contribution is 0.102. The number of thiophene rings is 1. The van der Waals surface area contributed by atoms with Crippen LogP contribution in [0.15, 0.2) is 30.0 Å². The van der Waals surface area contributed by atoms with Crippen molar-refractivity contribution < 1.29 is 26.4 Å². The van der Waals surface area contributed by atoms with E-state index in [1.54, 1.807) is 0 Å². The van der Waals surface area contributed by atoms with Gasteiger partial charge in [-0.15, -0.1) is 11.3 Å². The number of nitrogens with one attached hydrogen (secondary N) is 2. The van der Waals surface area contributed by atoms with Gasteiger partial charge in [0.05, 0.1) is 33.9 Å². The van der Waals surface area contributed by atoms with E-state index in [1.165, 1.54) is 29.2 Å². The molecule has 3 rings (SSSR count). The molecule has 0 aliphatic heterocycles. The van der Waals surface area contributed by atoms with Crippen LogP contribution >= 0.6 is 11.3 Å². The number of amides is 1. The molecule has 0 aliphatic rings. The van der Waals surface area contributed by atoms with E-state index in [0.717, 1.165) is 12.1 Å². The maximum absolute atomic E-state index is 14.6. The monoisotopic (exact) mass is 430 g/mol. The highest BCUT2D eigenvalue weighted by Gasteiger charge is 2.21. The summed E-state index contributed by atoms with van der Waals surface area (Å²) in [7, 11) is -4.03. The highest BCUT2D eigenvalue weighted by atomic mass is 32.2. The number of halogens is 3. The number of carbonyl (C=O) groups is 1. The Morgan fingerprint density at radius 3 is 2.79 bits per heavy atom. The molecular formula is C16H13F3N4O3S2. The van der Waals surface area contributed by atoms with Gasteiger partial charge >= 0.3 is 0 Å². The second-order valence-corrected chi connectivity index (χ2v) is 8.34. The van der Waals surface area contributed by atoms with Crippen LogP contribution in [-0.4, -0.2) is 36.7 Å². The Morgan fingerprint density at radius 1 is 1.25 bits per heavy atom. The molecule has 148 valence electrons. The molecule has 0 bridgehead atoms. The molecule has 0 spiro atoms. The van der Waals surface area contributed by atoms with Crippen molar-refractivity contribution in [3.63, 3.8) is 0 Å². The maximum Gasteiger partial charge on any atom is 0.258 e. The van der Waals surface area contributed by atoms with Crippen molar-refractivity contribution in [2.24, 2.45) is 0 Å². The van der Waals surface area contributed by atoms with E-state index in [9.17, 15) is 26.4 Å². The first kappa shape index (κ1) is 20.0. The summed E-state index contributed by atoms with van der Waals surface area (Å²) in [6, 6.07) is 1.68. The molecule has 1 amide bonds. The Balaban J connectivity index is 1.89. The van der Waals surface area contributed by atoms with Crippen LogP contribution in [0.2, 0.25) is 0 Å². The minimum atomic E-state index is -4.03. The Morgan fingerprint density at radius 2 is 2.04 bits per heavy atom. The molecule has 2 aromatic heterocycles. The molecule has 0 radical (unpaired) electrons. The average molecular weight is 430 g/mol.